The number of rotatable bonds is 3. The Balaban J connectivity index is 1.39. The Kier molecular flexibility index (Phi) is 5.67. The van der Waals surface area contributed by atoms with Gasteiger partial charge in [0.1, 0.15) is 13.2 Å². The van der Waals surface area contributed by atoms with Crippen molar-refractivity contribution in [1.82, 2.24) is 4.90 Å². The van der Waals surface area contributed by atoms with E-state index < -0.39 is 0 Å². The normalized spacial score (nSPS) is 16.4. The van der Waals surface area contributed by atoms with E-state index in [1.807, 2.05) is 11.0 Å². The summed E-state index contributed by atoms with van der Waals surface area (Å²) in [7, 11) is 0. The van der Waals surface area contributed by atoms with E-state index in [0.29, 0.717) is 42.8 Å². The monoisotopic (exact) mass is 412 g/mol. The molecule has 2 aliphatic heterocycles. The van der Waals surface area contributed by atoms with Crippen molar-refractivity contribution in [2.75, 3.05) is 44.3 Å². The molecule has 0 spiro atoms. The van der Waals surface area contributed by atoms with Crippen LogP contribution in [0.4, 0.5) is 5.69 Å². The van der Waals surface area contributed by atoms with Crippen molar-refractivity contribution in [3.05, 3.63) is 58.1 Å². The van der Waals surface area contributed by atoms with Gasteiger partial charge >= 0.3 is 0 Å². The molecular weight excluding hydrogens is 388 g/mol. The minimum atomic E-state index is 0.0108. The van der Waals surface area contributed by atoms with Gasteiger partial charge in [-0.2, -0.15) is 0 Å². The molecule has 1 saturated heterocycles. The molecule has 0 unspecified atom stereocenters. The van der Waals surface area contributed by atoms with Crippen molar-refractivity contribution in [3.8, 4) is 11.5 Å². The molecular formula is C23H25ClN2O3. The zero-order valence-corrected chi connectivity index (χ0v) is 17.5. The van der Waals surface area contributed by atoms with Crippen LogP contribution in [-0.4, -0.2) is 50.2 Å². The van der Waals surface area contributed by atoms with Crippen molar-refractivity contribution in [3.63, 3.8) is 0 Å². The highest BCUT2D eigenvalue weighted by Gasteiger charge is 2.21. The zero-order chi connectivity index (χ0) is 20.4. The van der Waals surface area contributed by atoms with E-state index in [4.69, 9.17) is 21.1 Å². The molecule has 1 amide bonds. The first kappa shape index (κ1) is 19.6. The standard InChI is InChI=1S/C23H25ClN2O3/c1-16-4-3-5-20(17(16)2)25-8-10-26(11-9-25)22(27)7-6-18-14-19(24)23-21(15-18)28-12-13-29-23/h3-7,14-15H,8-13H2,1-2H3/b7-6+. The predicted molar refractivity (Wildman–Crippen MR) is 116 cm³/mol. The fourth-order valence-electron chi connectivity index (χ4n) is 3.75. The summed E-state index contributed by atoms with van der Waals surface area (Å²) in [6.45, 7) is 8.36. The van der Waals surface area contributed by atoms with Crippen LogP contribution in [0.5, 0.6) is 11.5 Å². The molecule has 2 aromatic rings. The summed E-state index contributed by atoms with van der Waals surface area (Å²) in [5, 5.41) is 0.497. The van der Waals surface area contributed by atoms with Crippen LogP contribution < -0.4 is 14.4 Å². The van der Waals surface area contributed by atoms with E-state index >= 15 is 0 Å². The number of carbonyl (C=O) groups is 1. The summed E-state index contributed by atoms with van der Waals surface area (Å²) < 4.78 is 11.1. The van der Waals surface area contributed by atoms with Crippen LogP contribution in [-0.2, 0) is 4.79 Å². The van der Waals surface area contributed by atoms with Crippen LogP contribution in [0, 0.1) is 13.8 Å². The van der Waals surface area contributed by atoms with Gasteiger partial charge in [0.2, 0.25) is 5.91 Å². The Morgan fingerprint density at radius 1 is 1.07 bits per heavy atom. The summed E-state index contributed by atoms with van der Waals surface area (Å²) in [5.41, 5.74) is 4.69. The molecule has 0 aliphatic carbocycles. The first-order valence-electron chi connectivity index (χ1n) is 9.90. The van der Waals surface area contributed by atoms with Gasteiger partial charge in [0.05, 0.1) is 5.02 Å². The van der Waals surface area contributed by atoms with E-state index in [1.165, 1.54) is 16.8 Å². The Labute approximate surface area is 176 Å². The SMILES string of the molecule is Cc1cccc(N2CCN(C(=O)/C=C/c3cc(Cl)c4c(c3)OCCO4)CC2)c1C. The Bertz CT molecular complexity index is 949. The van der Waals surface area contributed by atoms with Gasteiger partial charge in [-0.1, -0.05) is 23.7 Å². The maximum Gasteiger partial charge on any atom is 0.246 e. The molecule has 0 atom stereocenters. The highest BCUT2D eigenvalue weighted by Crippen LogP contribution is 2.38. The second-order valence-corrected chi connectivity index (χ2v) is 7.80. The minimum absolute atomic E-state index is 0.0108. The second-order valence-electron chi connectivity index (χ2n) is 7.39. The van der Waals surface area contributed by atoms with Crippen LogP contribution in [0.3, 0.4) is 0 Å². The lowest BCUT2D eigenvalue weighted by atomic mass is 10.1. The number of anilines is 1. The van der Waals surface area contributed by atoms with Crippen molar-refractivity contribution < 1.29 is 14.3 Å². The number of benzene rings is 2. The molecule has 5 nitrogen and oxygen atoms in total. The maximum absolute atomic E-state index is 12.6. The molecule has 6 heteroatoms. The number of fused-ring (bicyclic) bond motifs is 1. The molecule has 2 aromatic carbocycles. The van der Waals surface area contributed by atoms with Gasteiger partial charge < -0.3 is 19.3 Å². The highest BCUT2D eigenvalue weighted by molar-refractivity contribution is 6.32. The van der Waals surface area contributed by atoms with Gasteiger partial charge in [0.25, 0.3) is 0 Å². The van der Waals surface area contributed by atoms with Gasteiger partial charge in [-0.05, 0) is 54.8 Å². The van der Waals surface area contributed by atoms with Crippen LogP contribution in [0.15, 0.2) is 36.4 Å². The summed E-state index contributed by atoms with van der Waals surface area (Å²) >= 11 is 6.27. The third-order valence-electron chi connectivity index (χ3n) is 5.55. The van der Waals surface area contributed by atoms with E-state index in [2.05, 4.69) is 36.9 Å². The van der Waals surface area contributed by atoms with Gasteiger partial charge in [-0.3, -0.25) is 4.79 Å². The van der Waals surface area contributed by atoms with Gasteiger partial charge in [-0.15, -0.1) is 0 Å². The number of nitrogens with zero attached hydrogens (tertiary/aromatic N) is 2. The predicted octanol–water partition coefficient (Wildman–Crippen LogP) is 4.09. The van der Waals surface area contributed by atoms with E-state index in [1.54, 1.807) is 18.2 Å². The molecule has 0 aromatic heterocycles. The van der Waals surface area contributed by atoms with E-state index in [-0.39, 0.29) is 5.91 Å². The van der Waals surface area contributed by atoms with Crippen LogP contribution >= 0.6 is 11.6 Å². The fraction of sp³-hybridized carbons (Fsp3) is 0.348. The Morgan fingerprint density at radius 2 is 1.83 bits per heavy atom. The van der Waals surface area contributed by atoms with Crippen LogP contribution in [0.1, 0.15) is 16.7 Å². The quantitative estimate of drug-likeness (QED) is 0.712. The third kappa shape index (κ3) is 4.20. The average molecular weight is 413 g/mol. The number of aryl methyl sites for hydroxylation is 1. The van der Waals surface area contributed by atoms with Crippen molar-refractivity contribution >= 4 is 29.3 Å². The van der Waals surface area contributed by atoms with Crippen molar-refractivity contribution in [1.29, 1.82) is 0 Å². The molecule has 152 valence electrons. The number of carbonyl (C=O) groups excluding carboxylic acids is 1. The fourth-order valence-corrected chi connectivity index (χ4v) is 4.02. The topological polar surface area (TPSA) is 42.0 Å². The molecule has 2 aliphatic rings. The maximum atomic E-state index is 12.6. The van der Waals surface area contributed by atoms with E-state index in [0.717, 1.165) is 18.7 Å². The molecule has 29 heavy (non-hydrogen) atoms. The van der Waals surface area contributed by atoms with Crippen molar-refractivity contribution in [2.24, 2.45) is 0 Å². The smallest absolute Gasteiger partial charge is 0.246 e. The average Bonchev–Trinajstić information content (AvgIpc) is 2.74. The van der Waals surface area contributed by atoms with E-state index in [9.17, 15) is 4.79 Å². The molecule has 0 radical (unpaired) electrons. The first-order valence-corrected chi connectivity index (χ1v) is 10.3. The lowest BCUT2D eigenvalue weighted by Crippen LogP contribution is -2.48. The molecule has 2 heterocycles. The number of amides is 1. The van der Waals surface area contributed by atoms with Gasteiger partial charge in [-0.25, -0.2) is 0 Å². The number of piperazine rings is 1. The second kappa shape index (κ2) is 8.37. The molecule has 0 bridgehead atoms. The highest BCUT2D eigenvalue weighted by atomic mass is 35.5. The Morgan fingerprint density at radius 3 is 2.62 bits per heavy atom. The van der Waals surface area contributed by atoms with Crippen molar-refractivity contribution in [2.45, 2.75) is 13.8 Å². The summed E-state index contributed by atoms with van der Waals surface area (Å²) in [6.07, 6.45) is 3.39. The zero-order valence-electron chi connectivity index (χ0n) is 16.8. The summed E-state index contributed by atoms with van der Waals surface area (Å²) in [6, 6.07) is 10.0. The number of halogens is 1. The molecule has 4 rings (SSSR count). The van der Waals surface area contributed by atoms with Crippen LogP contribution in [0.2, 0.25) is 5.02 Å². The molecule has 1 fully saturated rings. The number of hydrogen-bond donors (Lipinski definition) is 0. The molecule has 0 N–H and O–H groups in total. The lowest BCUT2D eigenvalue weighted by Gasteiger charge is -2.36. The van der Waals surface area contributed by atoms with Crippen LogP contribution in [0.25, 0.3) is 6.08 Å². The summed E-state index contributed by atoms with van der Waals surface area (Å²) in [4.78, 5) is 16.9. The summed E-state index contributed by atoms with van der Waals surface area (Å²) in [5.74, 6) is 1.21. The minimum Gasteiger partial charge on any atom is -0.486 e. The first-order chi connectivity index (χ1) is 14.0. The number of ether oxygens (including phenoxy) is 2. The largest absolute Gasteiger partial charge is 0.486 e. The number of hydrogen-bond acceptors (Lipinski definition) is 4. The lowest BCUT2D eigenvalue weighted by molar-refractivity contribution is -0.126. The molecule has 0 saturated carbocycles. The van der Waals surface area contributed by atoms with Gasteiger partial charge in [0.15, 0.2) is 11.5 Å². The Hall–Kier alpha value is -2.66. The third-order valence-corrected chi connectivity index (χ3v) is 5.83. The van der Waals surface area contributed by atoms with Gasteiger partial charge in [0, 0.05) is 37.9 Å².